The Balaban J connectivity index is 1.65. The highest BCUT2D eigenvalue weighted by Gasteiger charge is 2.31. The Morgan fingerprint density at radius 2 is 1.49 bits per heavy atom. The molecule has 0 aromatic heterocycles. The van der Waals surface area contributed by atoms with Gasteiger partial charge < -0.3 is 20.5 Å². The molecular formula is C28H36N2O5. The van der Waals surface area contributed by atoms with Crippen LogP contribution in [0.2, 0.25) is 0 Å². The molecular weight excluding hydrogens is 444 g/mol. The molecule has 1 aliphatic rings. The summed E-state index contributed by atoms with van der Waals surface area (Å²) in [7, 11) is 0. The third-order valence-electron chi connectivity index (χ3n) is 7.49. The number of fused-ring (bicyclic) bond motifs is 3. The Bertz CT molecular complexity index is 993. The molecule has 1 aliphatic carbocycles. The van der Waals surface area contributed by atoms with Crippen molar-refractivity contribution in [3.05, 3.63) is 59.7 Å². The Kier molecular flexibility index (Phi) is 8.90. The van der Waals surface area contributed by atoms with Gasteiger partial charge in [0.05, 0.1) is 0 Å². The molecule has 2 aromatic carbocycles. The lowest BCUT2D eigenvalue weighted by Crippen LogP contribution is -2.49. The van der Waals surface area contributed by atoms with Gasteiger partial charge in [0.15, 0.2) is 0 Å². The second-order valence-corrected chi connectivity index (χ2v) is 9.23. The normalized spacial score (nSPS) is 13.5. The average molecular weight is 481 g/mol. The quantitative estimate of drug-likeness (QED) is 0.392. The molecule has 7 nitrogen and oxygen atoms in total. The number of nitrogens with one attached hydrogen (secondary N) is 2. The number of hydrogen-bond donors (Lipinski definition) is 3. The van der Waals surface area contributed by atoms with Crippen molar-refractivity contribution < 1.29 is 24.2 Å². The molecule has 35 heavy (non-hydrogen) atoms. The smallest absolute Gasteiger partial charge is 0.407 e. The van der Waals surface area contributed by atoms with Crippen LogP contribution in [0.5, 0.6) is 0 Å². The Hall–Kier alpha value is -3.35. The average Bonchev–Trinajstić information content (AvgIpc) is 3.20. The fourth-order valence-electron chi connectivity index (χ4n) is 4.84. The van der Waals surface area contributed by atoms with Crippen LogP contribution in [0.25, 0.3) is 11.1 Å². The first-order valence-corrected chi connectivity index (χ1v) is 12.4. The summed E-state index contributed by atoms with van der Waals surface area (Å²) in [5, 5.41) is 14.6. The van der Waals surface area contributed by atoms with Crippen LogP contribution in [0.1, 0.15) is 69.9 Å². The molecule has 2 aromatic rings. The van der Waals surface area contributed by atoms with Gasteiger partial charge in [-0.05, 0) is 53.4 Å². The van der Waals surface area contributed by atoms with Gasteiger partial charge in [0.2, 0.25) is 5.91 Å². The van der Waals surface area contributed by atoms with Crippen LogP contribution >= 0.6 is 0 Å². The summed E-state index contributed by atoms with van der Waals surface area (Å²) in [6.45, 7) is 6.88. The third-order valence-corrected chi connectivity index (χ3v) is 7.49. The number of carbonyl (C=O) groups excluding carboxylic acids is 2. The Morgan fingerprint density at radius 3 is 2.00 bits per heavy atom. The van der Waals surface area contributed by atoms with Crippen molar-refractivity contribution in [1.29, 1.82) is 0 Å². The van der Waals surface area contributed by atoms with Gasteiger partial charge in [-0.2, -0.15) is 0 Å². The van der Waals surface area contributed by atoms with Crippen molar-refractivity contribution in [2.45, 2.75) is 64.8 Å². The molecule has 3 N–H and O–H groups in total. The van der Waals surface area contributed by atoms with Crippen LogP contribution < -0.4 is 10.6 Å². The van der Waals surface area contributed by atoms with Gasteiger partial charge in [-0.15, -0.1) is 0 Å². The van der Waals surface area contributed by atoms with E-state index >= 15 is 0 Å². The maximum absolute atomic E-state index is 12.9. The summed E-state index contributed by atoms with van der Waals surface area (Å²) in [6.07, 6.45) is 1.77. The molecule has 0 saturated carbocycles. The van der Waals surface area contributed by atoms with E-state index in [0.29, 0.717) is 6.54 Å². The zero-order valence-corrected chi connectivity index (χ0v) is 20.8. The number of alkyl carbamates (subject to hydrolysis) is 1. The Labute approximate surface area is 207 Å². The SMILES string of the molecule is CCC(CC)(CC)CNC(=O)C(CCC(=O)O)NC(=O)OCC1c2ccccc2-c2ccccc21. The predicted molar refractivity (Wildman–Crippen MR) is 135 cm³/mol. The van der Waals surface area contributed by atoms with Crippen molar-refractivity contribution in [3.63, 3.8) is 0 Å². The van der Waals surface area contributed by atoms with E-state index in [0.717, 1.165) is 41.5 Å². The number of ether oxygens (including phenoxy) is 1. The minimum Gasteiger partial charge on any atom is -0.481 e. The third kappa shape index (κ3) is 6.21. The summed E-state index contributed by atoms with van der Waals surface area (Å²) in [4.78, 5) is 36.7. The maximum Gasteiger partial charge on any atom is 0.407 e. The summed E-state index contributed by atoms with van der Waals surface area (Å²) < 4.78 is 5.56. The maximum atomic E-state index is 12.9. The molecule has 188 valence electrons. The van der Waals surface area contributed by atoms with Gasteiger partial charge in [0.1, 0.15) is 12.6 Å². The van der Waals surface area contributed by atoms with Crippen LogP contribution in [0.3, 0.4) is 0 Å². The molecule has 3 rings (SSSR count). The number of carboxylic acids is 1. The van der Waals surface area contributed by atoms with E-state index in [-0.39, 0.29) is 36.7 Å². The van der Waals surface area contributed by atoms with E-state index in [4.69, 9.17) is 9.84 Å². The first-order chi connectivity index (χ1) is 16.8. The summed E-state index contributed by atoms with van der Waals surface area (Å²) in [5.74, 6) is -1.51. The lowest BCUT2D eigenvalue weighted by Gasteiger charge is -2.31. The van der Waals surface area contributed by atoms with Crippen molar-refractivity contribution in [2.24, 2.45) is 5.41 Å². The van der Waals surface area contributed by atoms with Gasteiger partial charge in [-0.3, -0.25) is 9.59 Å². The largest absolute Gasteiger partial charge is 0.481 e. The van der Waals surface area contributed by atoms with E-state index in [1.807, 2.05) is 36.4 Å². The van der Waals surface area contributed by atoms with Crippen molar-refractivity contribution in [2.75, 3.05) is 13.2 Å². The number of hydrogen-bond acceptors (Lipinski definition) is 4. The molecule has 0 bridgehead atoms. The minimum atomic E-state index is -1.03. The number of aliphatic carboxylic acids is 1. The molecule has 0 aliphatic heterocycles. The fraction of sp³-hybridized carbons (Fsp3) is 0.464. The van der Waals surface area contributed by atoms with E-state index in [1.165, 1.54) is 0 Å². The fourth-order valence-corrected chi connectivity index (χ4v) is 4.84. The number of benzene rings is 2. The molecule has 0 fully saturated rings. The monoisotopic (exact) mass is 480 g/mol. The van der Waals surface area contributed by atoms with Crippen LogP contribution in [-0.2, 0) is 14.3 Å². The molecule has 0 radical (unpaired) electrons. The van der Waals surface area contributed by atoms with Crippen LogP contribution in [0.4, 0.5) is 4.79 Å². The van der Waals surface area contributed by atoms with Crippen molar-refractivity contribution in [1.82, 2.24) is 10.6 Å². The lowest BCUT2D eigenvalue weighted by atomic mass is 9.80. The summed E-state index contributed by atoms with van der Waals surface area (Å²) in [5.41, 5.74) is 4.43. The van der Waals surface area contributed by atoms with Gasteiger partial charge in [0, 0.05) is 18.9 Å². The first kappa shape index (κ1) is 26.3. The van der Waals surface area contributed by atoms with Crippen molar-refractivity contribution in [3.8, 4) is 11.1 Å². The van der Waals surface area contributed by atoms with E-state index in [9.17, 15) is 14.4 Å². The van der Waals surface area contributed by atoms with Gasteiger partial charge in [0.25, 0.3) is 0 Å². The lowest BCUT2D eigenvalue weighted by molar-refractivity contribution is -0.137. The number of rotatable bonds is 12. The molecule has 0 saturated heterocycles. The Morgan fingerprint density at radius 1 is 0.943 bits per heavy atom. The molecule has 0 spiro atoms. The van der Waals surface area contributed by atoms with Gasteiger partial charge in [-0.25, -0.2) is 4.79 Å². The predicted octanol–water partition coefficient (Wildman–Crippen LogP) is 5.09. The summed E-state index contributed by atoms with van der Waals surface area (Å²) in [6, 6.07) is 15.1. The topological polar surface area (TPSA) is 105 Å². The molecule has 1 atom stereocenters. The highest BCUT2D eigenvalue weighted by molar-refractivity contribution is 5.86. The number of carboxylic acid groups (broad SMARTS) is 1. The van der Waals surface area contributed by atoms with E-state index in [1.54, 1.807) is 0 Å². The van der Waals surface area contributed by atoms with E-state index < -0.39 is 18.1 Å². The van der Waals surface area contributed by atoms with Gasteiger partial charge >= 0.3 is 12.1 Å². The van der Waals surface area contributed by atoms with Crippen LogP contribution in [0.15, 0.2) is 48.5 Å². The van der Waals surface area contributed by atoms with Gasteiger partial charge in [-0.1, -0.05) is 69.3 Å². The summed E-state index contributed by atoms with van der Waals surface area (Å²) >= 11 is 0. The van der Waals surface area contributed by atoms with Crippen LogP contribution in [0, 0.1) is 5.41 Å². The number of amides is 2. The first-order valence-electron chi connectivity index (χ1n) is 12.4. The highest BCUT2D eigenvalue weighted by atomic mass is 16.5. The second kappa shape index (κ2) is 11.9. The second-order valence-electron chi connectivity index (χ2n) is 9.23. The van der Waals surface area contributed by atoms with Crippen molar-refractivity contribution >= 4 is 18.0 Å². The van der Waals surface area contributed by atoms with E-state index in [2.05, 4.69) is 43.5 Å². The molecule has 1 unspecified atom stereocenters. The number of carbonyl (C=O) groups is 3. The minimum absolute atomic E-state index is 0.0112. The zero-order chi connectivity index (χ0) is 25.4. The molecule has 0 heterocycles. The standard InChI is InChI=1S/C28H36N2O5/c1-4-28(5-2,6-3)18-29-26(33)24(15-16-25(31)32)30-27(34)35-17-23-21-13-9-7-11-19(21)20-12-8-10-14-22(20)23/h7-14,23-24H,4-6,15-18H2,1-3H3,(H,29,33)(H,30,34)(H,31,32). The molecule has 2 amide bonds. The van der Waals surface area contributed by atoms with Crippen LogP contribution in [-0.4, -0.2) is 42.3 Å². The highest BCUT2D eigenvalue weighted by Crippen LogP contribution is 2.44. The molecule has 7 heteroatoms. The zero-order valence-electron chi connectivity index (χ0n) is 20.8.